The Labute approximate surface area is 77.5 Å². The number of epoxide rings is 1. The largest absolute Gasteiger partial charge is 0.351 e. The van der Waals surface area contributed by atoms with Gasteiger partial charge in [-0.15, -0.1) is 0 Å². The molecule has 12 heavy (non-hydrogen) atoms. The molecule has 0 aromatic carbocycles. The van der Waals surface area contributed by atoms with Gasteiger partial charge in [0.25, 0.3) is 0 Å². The van der Waals surface area contributed by atoms with Crippen LogP contribution in [0.4, 0.5) is 0 Å². The Morgan fingerprint density at radius 3 is 2.75 bits per heavy atom. The molecule has 1 saturated heterocycles. The minimum absolute atomic E-state index is 0.0169. The summed E-state index contributed by atoms with van der Waals surface area (Å²) in [6.07, 6.45) is 0.158. The van der Waals surface area contributed by atoms with E-state index in [0.29, 0.717) is 5.75 Å². The Morgan fingerprint density at radius 1 is 1.75 bits per heavy atom. The maximum atomic E-state index is 10.7. The molecule has 0 saturated carbocycles. The summed E-state index contributed by atoms with van der Waals surface area (Å²) in [5.41, 5.74) is 0. The molecule has 3 atom stereocenters. The van der Waals surface area contributed by atoms with Gasteiger partial charge in [-0.25, -0.2) is 0 Å². The van der Waals surface area contributed by atoms with Crippen molar-refractivity contribution < 1.29 is 9.53 Å². The van der Waals surface area contributed by atoms with Crippen molar-refractivity contribution in [3.8, 4) is 0 Å². The summed E-state index contributed by atoms with van der Waals surface area (Å²) in [6.45, 7) is 1.49. The molecule has 0 spiro atoms. The van der Waals surface area contributed by atoms with Gasteiger partial charge in [0.2, 0.25) is 5.91 Å². The van der Waals surface area contributed by atoms with Gasteiger partial charge < -0.3 is 10.1 Å². The molecular formula is C7H14N2O2S. The molecule has 2 N–H and O–H groups in total. The van der Waals surface area contributed by atoms with Gasteiger partial charge in [-0.3, -0.25) is 10.1 Å². The predicted molar refractivity (Wildman–Crippen MR) is 49.2 cm³/mol. The standard InChI is InChI=1S/C7H14N2O2S/c1-4(10)9-5(3-12)6-7(8-2)11-6/h5-8,12H,3H2,1-2H3,(H,9,10)/t5-,6?,7?/m1/s1. The lowest BCUT2D eigenvalue weighted by molar-refractivity contribution is -0.119. The van der Waals surface area contributed by atoms with Gasteiger partial charge in [0, 0.05) is 12.7 Å². The first kappa shape index (κ1) is 9.83. The third-order valence-electron chi connectivity index (χ3n) is 1.79. The van der Waals surface area contributed by atoms with Crippen LogP contribution in [0.25, 0.3) is 0 Å². The van der Waals surface area contributed by atoms with Crippen LogP contribution in [0.2, 0.25) is 0 Å². The summed E-state index contributed by atoms with van der Waals surface area (Å²) in [6, 6.07) is 0.0169. The predicted octanol–water partition coefficient (Wildman–Crippen LogP) is -0.635. The van der Waals surface area contributed by atoms with E-state index in [1.165, 1.54) is 6.92 Å². The number of amides is 1. The highest BCUT2D eigenvalue weighted by atomic mass is 32.1. The SMILES string of the molecule is CNC1OC1[C@@H](CS)NC(C)=O. The van der Waals surface area contributed by atoms with E-state index >= 15 is 0 Å². The zero-order chi connectivity index (χ0) is 9.14. The quantitative estimate of drug-likeness (QED) is 0.408. The number of likely N-dealkylation sites (N-methyl/N-ethyl adjacent to an activating group) is 1. The zero-order valence-electron chi connectivity index (χ0n) is 7.20. The average molecular weight is 190 g/mol. The average Bonchev–Trinajstić information content (AvgIpc) is 2.78. The normalized spacial score (nSPS) is 29.6. The fourth-order valence-electron chi connectivity index (χ4n) is 1.15. The van der Waals surface area contributed by atoms with E-state index in [0.717, 1.165) is 0 Å². The lowest BCUT2D eigenvalue weighted by Crippen LogP contribution is -2.40. The number of carbonyl (C=O) groups is 1. The maximum Gasteiger partial charge on any atom is 0.217 e. The number of hydrogen-bond acceptors (Lipinski definition) is 4. The summed E-state index contributed by atoms with van der Waals surface area (Å²) in [7, 11) is 1.83. The van der Waals surface area contributed by atoms with Crippen molar-refractivity contribution in [3.05, 3.63) is 0 Å². The summed E-state index contributed by atoms with van der Waals surface area (Å²) >= 11 is 4.13. The van der Waals surface area contributed by atoms with Crippen LogP contribution in [0, 0.1) is 0 Å². The van der Waals surface area contributed by atoms with Crippen LogP contribution in [0.15, 0.2) is 0 Å². The number of nitrogens with one attached hydrogen (secondary N) is 2. The Kier molecular flexibility index (Phi) is 3.37. The highest BCUT2D eigenvalue weighted by Crippen LogP contribution is 2.22. The molecule has 0 bridgehead atoms. The maximum absolute atomic E-state index is 10.7. The van der Waals surface area contributed by atoms with E-state index in [-0.39, 0.29) is 24.3 Å². The van der Waals surface area contributed by atoms with Crippen LogP contribution in [0.3, 0.4) is 0 Å². The topological polar surface area (TPSA) is 53.7 Å². The van der Waals surface area contributed by atoms with E-state index in [4.69, 9.17) is 4.74 Å². The molecule has 70 valence electrons. The first-order valence-corrected chi connectivity index (χ1v) is 4.53. The first-order valence-electron chi connectivity index (χ1n) is 3.89. The number of thiol groups is 1. The van der Waals surface area contributed by atoms with Gasteiger partial charge >= 0.3 is 0 Å². The van der Waals surface area contributed by atoms with Crippen LogP contribution in [-0.2, 0) is 9.53 Å². The molecule has 1 amide bonds. The third kappa shape index (κ3) is 2.36. The molecule has 0 aliphatic carbocycles. The smallest absolute Gasteiger partial charge is 0.217 e. The van der Waals surface area contributed by atoms with Crippen molar-refractivity contribution in [1.82, 2.24) is 10.6 Å². The molecule has 0 aromatic rings. The number of rotatable bonds is 4. The monoisotopic (exact) mass is 190 g/mol. The Bertz CT molecular complexity index is 177. The summed E-state index contributed by atoms with van der Waals surface area (Å²) in [4.78, 5) is 10.7. The zero-order valence-corrected chi connectivity index (χ0v) is 8.10. The molecule has 0 aromatic heterocycles. The van der Waals surface area contributed by atoms with Crippen molar-refractivity contribution >= 4 is 18.5 Å². The second-order valence-electron chi connectivity index (χ2n) is 2.80. The Morgan fingerprint density at radius 2 is 2.42 bits per heavy atom. The second kappa shape index (κ2) is 4.11. The molecule has 1 aliphatic rings. The van der Waals surface area contributed by atoms with Crippen LogP contribution < -0.4 is 10.6 Å². The highest BCUT2D eigenvalue weighted by molar-refractivity contribution is 7.80. The van der Waals surface area contributed by atoms with E-state index in [1.54, 1.807) is 0 Å². The van der Waals surface area contributed by atoms with Gasteiger partial charge in [-0.05, 0) is 7.05 Å². The molecule has 0 radical (unpaired) electrons. The Balaban J connectivity index is 2.32. The number of ether oxygens (including phenoxy) is 1. The first-order chi connectivity index (χ1) is 5.69. The van der Waals surface area contributed by atoms with E-state index in [2.05, 4.69) is 23.3 Å². The van der Waals surface area contributed by atoms with Crippen LogP contribution in [0.1, 0.15) is 6.92 Å². The summed E-state index contributed by atoms with van der Waals surface area (Å²) in [5.74, 6) is 0.557. The highest BCUT2D eigenvalue weighted by Gasteiger charge is 2.43. The minimum atomic E-state index is -0.0422. The van der Waals surface area contributed by atoms with Crippen molar-refractivity contribution in [2.24, 2.45) is 0 Å². The van der Waals surface area contributed by atoms with E-state index in [1.807, 2.05) is 7.05 Å². The fourth-order valence-corrected chi connectivity index (χ4v) is 1.45. The summed E-state index contributed by atoms with van der Waals surface area (Å²) < 4.78 is 5.25. The fraction of sp³-hybridized carbons (Fsp3) is 0.857. The second-order valence-corrected chi connectivity index (χ2v) is 3.16. The van der Waals surface area contributed by atoms with Gasteiger partial charge in [0.1, 0.15) is 12.3 Å². The molecule has 1 heterocycles. The van der Waals surface area contributed by atoms with Gasteiger partial charge in [0.15, 0.2) is 0 Å². The van der Waals surface area contributed by atoms with Gasteiger partial charge in [-0.2, -0.15) is 12.6 Å². The van der Waals surface area contributed by atoms with Crippen molar-refractivity contribution in [2.45, 2.75) is 25.3 Å². The van der Waals surface area contributed by atoms with Crippen molar-refractivity contribution in [1.29, 1.82) is 0 Å². The summed E-state index contributed by atoms with van der Waals surface area (Å²) in [5, 5.41) is 5.75. The lowest BCUT2D eigenvalue weighted by Gasteiger charge is -2.11. The molecule has 2 unspecified atom stereocenters. The molecule has 4 nitrogen and oxygen atoms in total. The number of hydrogen-bond donors (Lipinski definition) is 3. The molecular weight excluding hydrogens is 176 g/mol. The Hall–Kier alpha value is -0.260. The lowest BCUT2D eigenvalue weighted by atomic mass is 10.2. The van der Waals surface area contributed by atoms with Crippen molar-refractivity contribution in [3.63, 3.8) is 0 Å². The molecule has 1 rings (SSSR count). The van der Waals surface area contributed by atoms with E-state index in [9.17, 15) is 4.79 Å². The third-order valence-corrected chi connectivity index (χ3v) is 2.19. The van der Waals surface area contributed by atoms with E-state index < -0.39 is 0 Å². The molecule has 1 fully saturated rings. The van der Waals surface area contributed by atoms with Crippen LogP contribution in [0.5, 0.6) is 0 Å². The van der Waals surface area contributed by atoms with Crippen LogP contribution >= 0.6 is 12.6 Å². The number of carbonyl (C=O) groups excluding carboxylic acids is 1. The molecule has 1 aliphatic heterocycles. The minimum Gasteiger partial charge on any atom is -0.351 e. The van der Waals surface area contributed by atoms with Crippen molar-refractivity contribution in [2.75, 3.05) is 12.8 Å². The van der Waals surface area contributed by atoms with Gasteiger partial charge in [-0.1, -0.05) is 0 Å². The van der Waals surface area contributed by atoms with Crippen LogP contribution in [-0.4, -0.2) is 37.1 Å². The van der Waals surface area contributed by atoms with Gasteiger partial charge in [0.05, 0.1) is 6.04 Å². The molecule has 5 heteroatoms.